The standard InChI is InChI=1S/C14H29N3/c1-14(2)12-17(11-10-16(14)3)9-5-4-8-15-13-6-7-13/h13,15H,4-12H2,1-3H3. The molecular weight excluding hydrogens is 210 g/mol. The van der Waals surface area contributed by atoms with E-state index in [9.17, 15) is 0 Å². The van der Waals surface area contributed by atoms with E-state index < -0.39 is 0 Å². The number of hydrogen-bond acceptors (Lipinski definition) is 3. The third-order valence-corrected chi connectivity index (χ3v) is 4.31. The number of likely N-dealkylation sites (N-methyl/N-ethyl adjacent to an activating group) is 1. The third kappa shape index (κ3) is 4.23. The van der Waals surface area contributed by atoms with Crippen LogP contribution in [0.5, 0.6) is 0 Å². The fourth-order valence-corrected chi connectivity index (χ4v) is 2.59. The number of rotatable bonds is 6. The summed E-state index contributed by atoms with van der Waals surface area (Å²) in [6.07, 6.45) is 5.50. The van der Waals surface area contributed by atoms with Crippen LogP contribution in [0.15, 0.2) is 0 Å². The second-order valence-corrected chi connectivity index (χ2v) is 6.45. The first-order valence-corrected chi connectivity index (χ1v) is 7.25. The van der Waals surface area contributed by atoms with E-state index in [1.54, 1.807) is 0 Å². The van der Waals surface area contributed by atoms with Gasteiger partial charge in [0.2, 0.25) is 0 Å². The summed E-state index contributed by atoms with van der Waals surface area (Å²) < 4.78 is 0. The van der Waals surface area contributed by atoms with Gasteiger partial charge in [-0.2, -0.15) is 0 Å². The molecule has 3 heteroatoms. The topological polar surface area (TPSA) is 18.5 Å². The summed E-state index contributed by atoms with van der Waals surface area (Å²) in [6.45, 7) is 10.9. The van der Waals surface area contributed by atoms with Gasteiger partial charge < -0.3 is 10.2 Å². The van der Waals surface area contributed by atoms with Crippen molar-refractivity contribution in [2.45, 2.75) is 51.1 Å². The normalized spacial score (nSPS) is 26.3. The zero-order chi connectivity index (χ0) is 12.3. The number of unbranched alkanes of at least 4 members (excludes halogenated alkanes) is 1. The van der Waals surface area contributed by atoms with Crippen LogP contribution in [0.1, 0.15) is 39.5 Å². The Bertz CT molecular complexity index is 236. The fraction of sp³-hybridized carbons (Fsp3) is 1.00. The third-order valence-electron chi connectivity index (χ3n) is 4.31. The minimum Gasteiger partial charge on any atom is -0.314 e. The molecule has 0 atom stereocenters. The van der Waals surface area contributed by atoms with Crippen LogP contribution < -0.4 is 5.32 Å². The Hall–Kier alpha value is -0.120. The molecule has 0 spiro atoms. The molecule has 3 nitrogen and oxygen atoms in total. The highest BCUT2D eigenvalue weighted by Gasteiger charge is 2.30. The Morgan fingerprint density at radius 1 is 1.18 bits per heavy atom. The molecule has 0 bridgehead atoms. The molecule has 2 rings (SSSR count). The minimum atomic E-state index is 0.352. The molecule has 17 heavy (non-hydrogen) atoms. The maximum Gasteiger partial charge on any atom is 0.0277 e. The van der Waals surface area contributed by atoms with E-state index in [1.165, 1.54) is 58.4 Å². The molecule has 0 aromatic heterocycles. The molecule has 1 aliphatic carbocycles. The summed E-state index contributed by atoms with van der Waals surface area (Å²) in [5.74, 6) is 0. The van der Waals surface area contributed by atoms with Crippen molar-refractivity contribution in [3.8, 4) is 0 Å². The molecule has 1 saturated heterocycles. The first-order chi connectivity index (χ1) is 8.08. The van der Waals surface area contributed by atoms with Crippen molar-refractivity contribution in [3.05, 3.63) is 0 Å². The van der Waals surface area contributed by atoms with Gasteiger partial charge in [0.25, 0.3) is 0 Å². The summed E-state index contributed by atoms with van der Waals surface area (Å²) in [4.78, 5) is 5.12. The fourth-order valence-electron chi connectivity index (χ4n) is 2.59. The Kier molecular flexibility index (Phi) is 4.45. The largest absolute Gasteiger partial charge is 0.314 e. The van der Waals surface area contributed by atoms with Crippen molar-refractivity contribution >= 4 is 0 Å². The zero-order valence-corrected chi connectivity index (χ0v) is 11.8. The summed E-state index contributed by atoms with van der Waals surface area (Å²) in [6, 6.07) is 0.873. The average molecular weight is 239 g/mol. The van der Waals surface area contributed by atoms with Crippen LogP contribution in [-0.2, 0) is 0 Å². The second kappa shape index (κ2) is 5.68. The molecule has 1 N–H and O–H groups in total. The van der Waals surface area contributed by atoms with E-state index in [1.807, 2.05) is 0 Å². The van der Waals surface area contributed by atoms with Gasteiger partial charge >= 0.3 is 0 Å². The van der Waals surface area contributed by atoms with Crippen LogP contribution in [-0.4, -0.2) is 61.2 Å². The van der Waals surface area contributed by atoms with Crippen LogP contribution in [0.2, 0.25) is 0 Å². The first kappa shape index (κ1) is 13.3. The van der Waals surface area contributed by atoms with Crippen molar-refractivity contribution in [2.24, 2.45) is 0 Å². The van der Waals surface area contributed by atoms with Gasteiger partial charge in [-0.05, 0) is 59.7 Å². The smallest absolute Gasteiger partial charge is 0.0277 e. The number of piperazine rings is 1. The molecular formula is C14H29N3. The molecule has 100 valence electrons. The van der Waals surface area contributed by atoms with Gasteiger partial charge in [0, 0.05) is 31.2 Å². The van der Waals surface area contributed by atoms with Gasteiger partial charge in [0.1, 0.15) is 0 Å². The van der Waals surface area contributed by atoms with Crippen molar-refractivity contribution in [1.29, 1.82) is 0 Å². The van der Waals surface area contributed by atoms with E-state index in [4.69, 9.17) is 0 Å². The Balaban J connectivity index is 1.55. The summed E-state index contributed by atoms with van der Waals surface area (Å²) >= 11 is 0. The highest BCUT2D eigenvalue weighted by atomic mass is 15.3. The van der Waals surface area contributed by atoms with E-state index in [-0.39, 0.29) is 0 Å². The Morgan fingerprint density at radius 3 is 2.59 bits per heavy atom. The average Bonchev–Trinajstić information content (AvgIpc) is 3.06. The molecule has 2 aliphatic rings. The monoisotopic (exact) mass is 239 g/mol. The molecule has 1 saturated carbocycles. The van der Waals surface area contributed by atoms with E-state index in [2.05, 4.69) is 36.0 Å². The van der Waals surface area contributed by atoms with Crippen molar-refractivity contribution in [2.75, 3.05) is 39.8 Å². The molecule has 1 heterocycles. The Labute approximate surface area is 107 Å². The quantitative estimate of drug-likeness (QED) is 0.710. The lowest BCUT2D eigenvalue weighted by Gasteiger charge is -2.45. The van der Waals surface area contributed by atoms with Crippen LogP contribution in [0.25, 0.3) is 0 Å². The summed E-state index contributed by atoms with van der Waals surface area (Å²) in [5.41, 5.74) is 0.352. The van der Waals surface area contributed by atoms with Crippen LogP contribution >= 0.6 is 0 Å². The van der Waals surface area contributed by atoms with Crippen LogP contribution in [0.4, 0.5) is 0 Å². The lowest BCUT2D eigenvalue weighted by molar-refractivity contribution is 0.0393. The number of nitrogens with one attached hydrogen (secondary N) is 1. The van der Waals surface area contributed by atoms with Crippen LogP contribution in [0.3, 0.4) is 0 Å². The van der Waals surface area contributed by atoms with E-state index >= 15 is 0 Å². The van der Waals surface area contributed by atoms with E-state index in [0.717, 1.165) is 6.04 Å². The molecule has 1 aliphatic heterocycles. The van der Waals surface area contributed by atoms with Crippen LogP contribution in [0, 0.1) is 0 Å². The summed E-state index contributed by atoms with van der Waals surface area (Å²) in [7, 11) is 2.25. The SMILES string of the molecule is CN1CCN(CCCCNC2CC2)CC1(C)C. The predicted molar refractivity (Wildman–Crippen MR) is 73.4 cm³/mol. The summed E-state index contributed by atoms with van der Waals surface area (Å²) in [5, 5.41) is 3.59. The highest BCUT2D eigenvalue weighted by molar-refractivity contribution is 4.88. The predicted octanol–water partition coefficient (Wildman–Crippen LogP) is 1.54. The molecule has 0 aromatic rings. The molecule has 0 unspecified atom stereocenters. The first-order valence-electron chi connectivity index (χ1n) is 7.25. The number of nitrogens with zero attached hydrogens (tertiary/aromatic N) is 2. The van der Waals surface area contributed by atoms with E-state index in [0.29, 0.717) is 5.54 Å². The van der Waals surface area contributed by atoms with Crippen molar-refractivity contribution in [1.82, 2.24) is 15.1 Å². The van der Waals surface area contributed by atoms with Crippen molar-refractivity contribution < 1.29 is 0 Å². The van der Waals surface area contributed by atoms with Gasteiger partial charge in [-0.25, -0.2) is 0 Å². The van der Waals surface area contributed by atoms with Gasteiger partial charge in [-0.15, -0.1) is 0 Å². The van der Waals surface area contributed by atoms with Crippen molar-refractivity contribution in [3.63, 3.8) is 0 Å². The lowest BCUT2D eigenvalue weighted by Crippen LogP contribution is -2.57. The van der Waals surface area contributed by atoms with Gasteiger partial charge in [0.15, 0.2) is 0 Å². The minimum absolute atomic E-state index is 0.352. The molecule has 0 aromatic carbocycles. The molecule has 2 fully saturated rings. The molecule has 0 amide bonds. The van der Waals surface area contributed by atoms with Gasteiger partial charge in [-0.3, -0.25) is 4.90 Å². The Morgan fingerprint density at radius 2 is 1.94 bits per heavy atom. The zero-order valence-electron chi connectivity index (χ0n) is 11.8. The number of hydrogen-bond donors (Lipinski definition) is 1. The second-order valence-electron chi connectivity index (χ2n) is 6.45. The van der Waals surface area contributed by atoms with Gasteiger partial charge in [0.05, 0.1) is 0 Å². The highest BCUT2D eigenvalue weighted by Crippen LogP contribution is 2.19. The maximum atomic E-state index is 3.59. The lowest BCUT2D eigenvalue weighted by atomic mass is 9.99. The van der Waals surface area contributed by atoms with Gasteiger partial charge in [-0.1, -0.05) is 0 Å². The molecule has 0 radical (unpaired) electrons. The maximum absolute atomic E-state index is 3.59.